The predicted molar refractivity (Wildman–Crippen MR) is 120 cm³/mol. The second-order valence-corrected chi connectivity index (χ2v) is 8.34. The van der Waals surface area contributed by atoms with Crippen LogP contribution in [0.15, 0.2) is 82.6 Å². The van der Waals surface area contributed by atoms with Crippen molar-refractivity contribution in [1.82, 2.24) is 0 Å². The highest BCUT2D eigenvalue weighted by molar-refractivity contribution is 8.13. The van der Waals surface area contributed by atoms with Gasteiger partial charge in [-0.05, 0) is 63.4 Å². The van der Waals surface area contributed by atoms with Crippen LogP contribution < -0.4 is 0 Å². The molecule has 0 spiro atoms. The summed E-state index contributed by atoms with van der Waals surface area (Å²) in [6.07, 6.45) is 2.01. The van der Waals surface area contributed by atoms with Gasteiger partial charge in [0.25, 0.3) is 0 Å². The fourth-order valence-corrected chi connectivity index (χ4v) is 2.60. The van der Waals surface area contributed by atoms with Gasteiger partial charge in [0.15, 0.2) is 0 Å². The molecule has 1 atom stereocenters. The van der Waals surface area contributed by atoms with Crippen molar-refractivity contribution in [2.45, 2.75) is 30.6 Å². The lowest BCUT2D eigenvalue weighted by Gasteiger charge is -1.98. The van der Waals surface area contributed by atoms with Crippen LogP contribution in [0.4, 0.5) is 4.39 Å². The van der Waals surface area contributed by atoms with Gasteiger partial charge in [-0.2, -0.15) is 10.5 Å². The summed E-state index contributed by atoms with van der Waals surface area (Å²) in [5, 5.41) is 0. The molecule has 0 aliphatic heterocycles. The van der Waals surface area contributed by atoms with Crippen LogP contribution in [0, 0.1) is 26.6 Å². The highest BCUT2D eigenvalue weighted by Crippen LogP contribution is 2.19. The van der Waals surface area contributed by atoms with E-state index in [0.717, 1.165) is 9.79 Å². The van der Waals surface area contributed by atoms with Crippen LogP contribution >= 0.6 is 23.1 Å². The van der Waals surface area contributed by atoms with Gasteiger partial charge in [0.1, 0.15) is 5.82 Å². The predicted octanol–water partition coefficient (Wildman–Crippen LogP) is 7.10. The Bertz CT molecular complexity index is 704. The molecule has 0 N–H and O–H groups in total. The number of halogens is 1. The fourth-order valence-electron chi connectivity index (χ4n) is 1.85. The molecule has 0 saturated heterocycles. The van der Waals surface area contributed by atoms with Crippen molar-refractivity contribution in [3.8, 4) is 0 Å². The molecule has 138 valence electrons. The summed E-state index contributed by atoms with van der Waals surface area (Å²) in [5.74, 6) is 3.66. The van der Waals surface area contributed by atoms with Gasteiger partial charge in [-0.15, -0.1) is 12.6 Å². The Hall–Kier alpha value is -1.84. The third-order valence-corrected chi connectivity index (χ3v) is 4.84. The molecule has 0 saturated carbocycles. The molecular formula is C23H27FS2. The van der Waals surface area contributed by atoms with Gasteiger partial charge in [0.05, 0.1) is 0 Å². The molecule has 0 aliphatic carbocycles. The first kappa shape index (κ1) is 22.2. The van der Waals surface area contributed by atoms with Crippen LogP contribution in [0.2, 0.25) is 0 Å². The van der Waals surface area contributed by atoms with Crippen molar-refractivity contribution >= 4 is 29.0 Å². The maximum atomic E-state index is 12.3. The number of hydrogen-bond donors (Lipinski definition) is 1. The van der Waals surface area contributed by atoms with E-state index in [1.807, 2.05) is 30.5 Å². The zero-order valence-electron chi connectivity index (χ0n) is 15.9. The molecule has 1 unspecified atom stereocenters. The molecular weight excluding hydrogens is 359 g/mol. The standard InChI is InChI=1S/C8H9FS.C8H10.C7H8S/c1-10(2)8-5-3-7(9)4-6-8;1-7-3-5-8(2)6-4-7;1-6-2-4-7(8)5-3-6/h3-6H,1H2,2H3;3-6H,1-2H3;2-5,8H,1H3. The molecule has 0 amide bonds. The zero-order chi connectivity index (χ0) is 19.5. The normalized spacial score (nSPS) is 10.7. The quantitative estimate of drug-likeness (QED) is 0.334. The van der Waals surface area contributed by atoms with E-state index in [9.17, 15) is 4.39 Å². The highest BCUT2D eigenvalue weighted by Gasteiger charge is 1.90. The summed E-state index contributed by atoms with van der Waals surface area (Å²) in [4.78, 5) is 2.12. The van der Waals surface area contributed by atoms with Crippen molar-refractivity contribution in [2.75, 3.05) is 6.26 Å². The van der Waals surface area contributed by atoms with Crippen LogP contribution in [-0.4, -0.2) is 12.1 Å². The number of hydrogen-bond acceptors (Lipinski definition) is 1. The lowest BCUT2D eigenvalue weighted by molar-refractivity contribution is 0.626. The monoisotopic (exact) mass is 386 g/mol. The maximum absolute atomic E-state index is 12.3. The van der Waals surface area contributed by atoms with Crippen LogP contribution in [0.5, 0.6) is 0 Å². The summed E-state index contributed by atoms with van der Waals surface area (Å²) in [6, 6.07) is 23.0. The first-order chi connectivity index (χ1) is 12.3. The lowest BCUT2D eigenvalue weighted by Crippen LogP contribution is -1.73. The van der Waals surface area contributed by atoms with Crippen LogP contribution in [-0.2, 0) is 0 Å². The second kappa shape index (κ2) is 11.7. The van der Waals surface area contributed by atoms with Crippen molar-refractivity contribution in [2.24, 2.45) is 0 Å². The summed E-state index contributed by atoms with van der Waals surface area (Å²) in [6.45, 7) is 6.26. The number of rotatable bonds is 1. The Labute approximate surface area is 165 Å². The van der Waals surface area contributed by atoms with Gasteiger partial charge >= 0.3 is 0 Å². The molecule has 0 radical (unpaired) electrons. The Morgan fingerprint density at radius 2 is 1.04 bits per heavy atom. The van der Waals surface area contributed by atoms with E-state index >= 15 is 0 Å². The van der Waals surface area contributed by atoms with Crippen molar-refractivity contribution in [3.05, 3.63) is 95.3 Å². The summed E-state index contributed by atoms with van der Waals surface area (Å²) in [7, 11) is -0.00389. The smallest absolute Gasteiger partial charge is 0.123 e. The topological polar surface area (TPSA) is 0 Å². The first-order valence-electron chi connectivity index (χ1n) is 8.28. The van der Waals surface area contributed by atoms with Gasteiger partial charge in [-0.3, -0.25) is 0 Å². The minimum absolute atomic E-state index is 0.00389. The Balaban J connectivity index is 0.000000197. The Kier molecular flexibility index (Phi) is 10.0. The number of benzene rings is 3. The van der Waals surface area contributed by atoms with Crippen molar-refractivity contribution in [1.29, 1.82) is 0 Å². The number of aryl methyl sites for hydroxylation is 3. The van der Waals surface area contributed by atoms with Gasteiger partial charge in [-0.25, -0.2) is 4.39 Å². The van der Waals surface area contributed by atoms with E-state index in [1.165, 1.54) is 28.8 Å². The van der Waals surface area contributed by atoms with E-state index < -0.39 is 0 Å². The first-order valence-corrected chi connectivity index (χ1v) is 10.5. The molecule has 26 heavy (non-hydrogen) atoms. The summed E-state index contributed by atoms with van der Waals surface area (Å²) >= 11 is 4.13. The van der Waals surface area contributed by atoms with Crippen LogP contribution in [0.1, 0.15) is 16.7 Å². The minimum atomic E-state index is -0.186. The van der Waals surface area contributed by atoms with Gasteiger partial charge in [0, 0.05) is 9.79 Å². The molecule has 0 heterocycles. The van der Waals surface area contributed by atoms with E-state index in [0.29, 0.717) is 0 Å². The average molecular weight is 387 g/mol. The maximum Gasteiger partial charge on any atom is 0.123 e. The average Bonchev–Trinajstić information content (AvgIpc) is 2.62. The van der Waals surface area contributed by atoms with Gasteiger partial charge in [0.2, 0.25) is 0 Å². The summed E-state index contributed by atoms with van der Waals surface area (Å²) in [5.41, 5.74) is 3.94. The molecule has 3 aromatic rings. The van der Waals surface area contributed by atoms with Crippen molar-refractivity contribution in [3.63, 3.8) is 0 Å². The molecule has 0 aliphatic rings. The molecule has 0 fully saturated rings. The van der Waals surface area contributed by atoms with E-state index in [-0.39, 0.29) is 16.3 Å². The highest BCUT2D eigenvalue weighted by atomic mass is 32.2. The second-order valence-electron chi connectivity index (χ2n) is 6.08. The lowest BCUT2D eigenvalue weighted by atomic mass is 10.2. The van der Waals surface area contributed by atoms with Crippen molar-refractivity contribution < 1.29 is 4.39 Å². The Morgan fingerprint density at radius 3 is 1.35 bits per heavy atom. The van der Waals surface area contributed by atoms with Crippen LogP contribution in [0.3, 0.4) is 0 Å². The molecule has 3 rings (SSSR count). The molecule has 3 aromatic carbocycles. The van der Waals surface area contributed by atoms with Gasteiger partial charge < -0.3 is 0 Å². The van der Waals surface area contributed by atoms with E-state index in [2.05, 4.69) is 63.5 Å². The molecule has 3 heteroatoms. The van der Waals surface area contributed by atoms with Crippen LogP contribution in [0.25, 0.3) is 0 Å². The molecule has 0 bridgehead atoms. The molecule has 0 nitrogen and oxygen atoms in total. The van der Waals surface area contributed by atoms with Gasteiger partial charge in [-0.1, -0.05) is 59.0 Å². The Morgan fingerprint density at radius 1 is 0.692 bits per heavy atom. The van der Waals surface area contributed by atoms with E-state index in [4.69, 9.17) is 0 Å². The largest absolute Gasteiger partial charge is 0.207 e. The summed E-state index contributed by atoms with van der Waals surface area (Å²) < 4.78 is 12.3. The van der Waals surface area contributed by atoms with E-state index in [1.54, 1.807) is 12.1 Å². The zero-order valence-corrected chi connectivity index (χ0v) is 17.6. The number of thiol groups is 1. The molecule has 0 aromatic heterocycles. The minimum Gasteiger partial charge on any atom is -0.207 e. The third kappa shape index (κ3) is 9.59. The third-order valence-electron chi connectivity index (χ3n) is 3.47. The SMILES string of the molecule is C=S(C)c1ccc(F)cc1.Cc1ccc(C)cc1.Cc1ccc(S)cc1. The fraction of sp³-hybridized carbons (Fsp3) is 0.174.